The molecule has 6 nitrogen and oxygen atoms in total. The Hall–Kier alpha value is -2.73. The van der Waals surface area contributed by atoms with Crippen molar-refractivity contribution in [2.75, 3.05) is 6.61 Å². The maximum atomic E-state index is 12.3. The first kappa shape index (κ1) is 23.5. The van der Waals surface area contributed by atoms with Crippen molar-refractivity contribution in [3.8, 4) is 11.5 Å². The lowest BCUT2D eigenvalue weighted by molar-refractivity contribution is -0.306. The van der Waals surface area contributed by atoms with Crippen molar-refractivity contribution < 1.29 is 24.2 Å². The number of aliphatic carboxylic acids is 1. The minimum Gasteiger partial charge on any atom is -0.550 e. The summed E-state index contributed by atoms with van der Waals surface area (Å²) in [4.78, 5) is 23.5. The van der Waals surface area contributed by atoms with Gasteiger partial charge in [-0.05, 0) is 68.7 Å². The van der Waals surface area contributed by atoms with Crippen molar-refractivity contribution in [2.45, 2.75) is 52.2 Å². The monoisotopic (exact) mass is 432 g/mol. The Labute approximate surface area is 182 Å². The summed E-state index contributed by atoms with van der Waals surface area (Å²) in [6.07, 6.45) is 0.433. The maximum Gasteiger partial charge on any atom is 0.220 e. The van der Waals surface area contributed by atoms with E-state index in [1.165, 1.54) is 0 Å². The van der Waals surface area contributed by atoms with Crippen LogP contribution >= 0.6 is 11.6 Å². The van der Waals surface area contributed by atoms with Gasteiger partial charge in [0.1, 0.15) is 11.5 Å². The summed E-state index contributed by atoms with van der Waals surface area (Å²) >= 11 is 5.92. The van der Waals surface area contributed by atoms with Gasteiger partial charge in [0.2, 0.25) is 5.91 Å². The lowest BCUT2D eigenvalue weighted by Crippen LogP contribution is -2.34. The Morgan fingerprint density at radius 3 is 2.43 bits per heavy atom. The van der Waals surface area contributed by atoms with Crippen LogP contribution in [0.4, 0.5) is 0 Å². The van der Waals surface area contributed by atoms with Crippen LogP contribution in [0.5, 0.6) is 11.5 Å². The molecule has 2 aromatic carbocycles. The van der Waals surface area contributed by atoms with E-state index >= 15 is 0 Å². The minimum atomic E-state index is -1.23. The van der Waals surface area contributed by atoms with E-state index in [0.717, 1.165) is 11.3 Å². The molecule has 2 aromatic rings. The second kappa shape index (κ2) is 11.5. The molecule has 0 spiro atoms. The molecule has 0 heterocycles. The number of carbonyl (C=O) groups is 2. The fourth-order valence-corrected chi connectivity index (χ4v) is 3.15. The van der Waals surface area contributed by atoms with Crippen LogP contribution in [-0.4, -0.2) is 24.6 Å². The molecule has 0 aliphatic carbocycles. The quantitative estimate of drug-likeness (QED) is 0.548. The molecule has 1 unspecified atom stereocenters. The van der Waals surface area contributed by atoms with Crippen molar-refractivity contribution >= 4 is 23.5 Å². The van der Waals surface area contributed by atoms with Crippen molar-refractivity contribution in [3.05, 3.63) is 58.6 Å². The molecule has 0 saturated heterocycles. The molecule has 0 fully saturated rings. The van der Waals surface area contributed by atoms with E-state index < -0.39 is 12.0 Å². The zero-order valence-corrected chi connectivity index (χ0v) is 18.2. The van der Waals surface area contributed by atoms with Gasteiger partial charge in [-0.3, -0.25) is 4.79 Å². The number of nitrogens with one attached hydrogen (secondary N) is 1. The van der Waals surface area contributed by atoms with Gasteiger partial charge in [-0.2, -0.15) is 0 Å². The number of carboxylic acid groups (broad SMARTS) is 1. The van der Waals surface area contributed by atoms with Crippen LogP contribution in [0, 0.1) is 6.92 Å². The largest absolute Gasteiger partial charge is 0.550 e. The number of aryl methyl sites for hydroxylation is 1. The summed E-state index contributed by atoms with van der Waals surface area (Å²) in [7, 11) is 0. The Morgan fingerprint density at radius 1 is 1.13 bits per heavy atom. The molecule has 1 atom stereocenters. The summed E-state index contributed by atoms with van der Waals surface area (Å²) in [6.45, 7) is 6.11. The van der Waals surface area contributed by atoms with Gasteiger partial charge in [-0.1, -0.05) is 23.7 Å². The van der Waals surface area contributed by atoms with Crippen molar-refractivity contribution in [1.82, 2.24) is 5.32 Å². The highest BCUT2D eigenvalue weighted by molar-refractivity contribution is 6.30. The number of hydrogen-bond acceptors (Lipinski definition) is 5. The van der Waals surface area contributed by atoms with E-state index in [0.29, 0.717) is 29.4 Å². The van der Waals surface area contributed by atoms with Gasteiger partial charge in [0, 0.05) is 23.8 Å². The molecule has 30 heavy (non-hydrogen) atoms. The summed E-state index contributed by atoms with van der Waals surface area (Å²) in [6, 6.07) is 11.7. The Morgan fingerprint density at radius 2 is 1.83 bits per heavy atom. The Kier molecular flexibility index (Phi) is 8.99. The van der Waals surface area contributed by atoms with Crippen LogP contribution < -0.4 is 19.9 Å². The number of carboxylic acids is 1. The molecule has 1 N–H and O–H groups in total. The number of halogens is 1. The van der Waals surface area contributed by atoms with Crippen molar-refractivity contribution in [2.24, 2.45) is 0 Å². The Balaban J connectivity index is 1.87. The lowest BCUT2D eigenvalue weighted by Gasteiger charge is -2.20. The third-order valence-corrected chi connectivity index (χ3v) is 4.54. The Bertz CT molecular complexity index is 851. The molecule has 0 aliphatic rings. The van der Waals surface area contributed by atoms with Gasteiger partial charge >= 0.3 is 0 Å². The highest BCUT2D eigenvalue weighted by atomic mass is 35.5. The smallest absolute Gasteiger partial charge is 0.220 e. The molecule has 162 valence electrons. The molecule has 0 aliphatic heterocycles. The van der Waals surface area contributed by atoms with Gasteiger partial charge in [0.15, 0.2) is 0 Å². The highest BCUT2D eigenvalue weighted by Gasteiger charge is 2.15. The first-order valence-corrected chi connectivity index (χ1v) is 10.3. The van der Waals surface area contributed by atoms with Crippen LogP contribution in [0.1, 0.15) is 50.3 Å². The number of ether oxygens (including phenoxy) is 2. The zero-order valence-electron chi connectivity index (χ0n) is 17.4. The standard InChI is InChI=1S/C23H28ClNO5/c1-15(2)30-19-9-6-17(7-10-19)20(14-23(27)28)25-22(26)5-4-12-29-21-11-8-18(24)13-16(21)3/h6-11,13,15,20H,4-5,12,14H2,1-3H3,(H,25,26)(H,27,28)/p-1. The summed E-state index contributed by atoms with van der Waals surface area (Å²) < 4.78 is 11.3. The first-order chi connectivity index (χ1) is 14.2. The van der Waals surface area contributed by atoms with Crippen molar-refractivity contribution in [3.63, 3.8) is 0 Å². The van der Waals surface area contributed by atoms with Crippen LogP contribution in [-0.2, 0) is 9.59 Å². The molecule has 2 rings (SSSR count). The number of benzene rings is 2. The molecule has 7 heteroatoms. The molecule has 0 radical (unpaired) electrons. The fourth-order valence-electron chi connectivity index (χ4n) is 2.93. The van der Waals surface area contributed by atoms with Crippen molar-refractivity contribution in [1.29, 1.82) is 0 Å². The van der Waals surface area contributed by atoms with E-state index in [2.05, 4.69) is 5.32 Å². The van der Waals surface area contributed by atoms with Gasteiger partial charge in [0.05, 0.1) is 18.8 Å². The molecule has 0 bridgehead atoms. The topological polar surface area (TPSA) is 87.7 Å². The van der Waals surface area contributed by atoms with Gasteiger partial charge in [-0.25, -0.2) is 0 Å². The third kappa shape index (κ3) is 7.95. The maximum absolute atomic E-state index is 12.3. The highest BCUT2D eigenvalue weighted by Crippen LogP contribution is 2.23. The predicted octanol–water partition coefficient (Wildman–Crippen LogP) is 3.59. The summed E-state index contributed by atoms with van der Waals surface area (Å²) in [5.74, 6) is -0.0789. The van der Waals surface area contributed by atoms with Crippen LogP contribution in [0.3, 0.4) is 0 Å². The molecule has 0 saturated carbocycles. The van der Waals surface area contributed by atoms with Gasteiger partial charge in [-0.15, -0.1) is 0 Å². The van der Waals surface area contributed by atoms with E-state index in [4.69, 9.17) is 21.1 Å². The number of hydrogen-bond donors (Lipinski definition) is 1. The summed E-state index contributed by atoms with van der Waals surface area (Å²) in [5.41, 5.74) is 1.60. The third-order valence-electron chi connectivity index (χ3n) is 4.30. The van der Waals surface area contributed by atoms with Gasteiger partial charge in [0.25, 0.3) is 0 Å². The number of amides is 1. The number of rotatable bonds is 11. The summed E-state index contributed by atoms with van der Waals surface area (Å²) in [5, 5.41) is 14.5. The SMILES string of the molecule is Cc1cc(Cl)ccc1OCCCC(=O)NC(CC(=O)[O-])c1ccc(OC(C)C)cc1. The normalized spacial score (nSPS) is 11.8. The fraction of sp³-hybridized carbons (Fsp3) is 0.391. The van der Waals surface area contributed by atoms with E-state index in [1.54, 1.807) is 36.4 Å². The molecular formula is C23H27ClNO5-. The first-order valence-electron chi connectivity index (χ1n) is 9.89. The molecule has 0 aromatic heterocycles. The van der Waals surface area contributed by atoms with E-state index in [9.17, 15) is 14.7 Å². The average Bonchev–Trinajstić information content (AvgIpc) is 2.66. The van der Waals surface area contributed by atoms with Crippen LogP contribution in [0.15, 0.2) is 42.5 Å². The molecular weight excluding hydrogens is 406 g/mol. The predicted molar refractivity (Wildman–Crippen MR) is 114 cm³/mol. The lowest BCUT2D eigenvalue weighted by atomic mass is 10.0. The average molecular weight is 433 g/mol. The van der Waals surface area contributed by atoms with Gasteiger partial charge < -0.3 is 24.7 Å². The zero-order chi connectivity index (χ0) is 22.1. The molecule has 1 amide bonds. The van der Waals surface area contributed by atoms with Crippen LogP contribution in [0.25, 0.3) is 0 Å². The second-order valence-electron chi connectivity index (χ2n) is 7.29. The van der Waals surface area contributed by atoms with E-state index in [1.807, 2.05) is 26.8 Å². The van der Waals surface area contributed by atoms with E-state index in [-0.39, 0.29) is 24.9 Å². The minimum absolute atomic E-state index is 0.0356. The van der Waals surface area contributed by atoms with Crippen LogP contribution in [0.2, 0.25) is 5.02 Å². The number of carbonyl (C=O) groups excluding carboxylic acids is 2. The second-order valence-corrected chi connectivity index (χ2v) is 7.73.